The molecule has 3 heteroatoms. The van der Waals surface area contributed by atoms with Crippen molar-refractivity contribution in [2.24, 2.45) is 0 Å². The normalized spacial score (nSPS) is 17.4. The number of likely N-dealkylation sites (N-methyl/N-ethyl adjacent to an activating group) is 1. The van der Waals surface area contributed by atoms with Gasteiger partial charge in [0.15, 0.2) is 11.5 Å². The van der Waals surface area contributed by atoms with Crippen LogP contribution in [0.2, 0.25) is 0 Å². The molecular formula is C16H23NO2. The van der Waals surface area contributed by atoms with Crippen LogP contribution in [0.25, 0.3) is 0 Å². The maximum absolute atomic E-state index is 5.98. The first-order valence-electron chi connectivity index (χ1n) is 6.93. The molecule has 1 atom stereocenters. The Kier molecular flexibility index (Phi) is 4.86. The van der Waals surface area contributed by atoms with Crippen LogP contribution in [0.5, 0.6) is 11.5 Å². The van der Waals surface area contributed by atoms with Crippen LogP contribution < -0.4 is 9.47 Å². The maximum Gasteiger partial charge on any atom is 0.161 e. The fourth-order valence-electron chi connectivity index (χ4n) is 2.09. The molecule has 0 fully saturated rings. The fraction of sp³-hybridized carbons (Fsp3) is 0.500. The minimum Gasteiger partial charge on any atom is -0.486 e. The third-order valence-corrected chi connectivity index (χ3v) is 3.23. The number of benzene rings is 1. The smallest absolute Gasteiger partial charge is 0.161 e. The predicted octanol–water partition coefficient (Wildman–Crippen LogP) is 3.11. The van der Waals surface area contributed by atoms with Crippen LogP contribution in [-0.2, 0) is 0 Å². The van der Waals surface area contributed by atoms with Crippen molar-refractivity contribution in [2.45, 2.75) is 26.9 Å². The zero-order chi connectivity index (χ0) is 13.7. The van der Waals surface area contributed by atoms with Gasteiger partial charge in [-0.3, -0.25) is 4.90 Å². The molecule has 0 amide bonds. The van der Waals surface area contributed by atoms with E-state index in [0.29, 0.717) is 6.61 Å². The van der Waals surface area contributed by atoms with E-state index < -0.39 is 0 Å². The highest BCUT2D eigenvalue weighted by Gasteiger charge is 2.22. The van der Waals surface area contributed by atoms with E-state index in [1.165, 1.54) is 5.57 Å². The molecule has 0 saturated heterocycles. The van der Waals surface area contributed by atoms with Gasteiger partial charge in [0, 0.05) is 13.1 Å². The zero-order valence-electron chi connectivity index (χ0n) is 12.1. The second-order valence-electron chi connectivity index (χ2n) is 5.13. The van der Waals surface area contributed by atoms with E-state index in [1.54, 1.807) is 0 Å². The zero-order valence-corrected chi connectivity index (χ0v) is 12.1. The summed E-state index contributed by atoms with van der Waals surface area (Å²) in [5.74, 6) is 1.71. The largest absolute Gasteiger partial charge is 0.486 e. The van der Waals surface area contributed by atoms with Gasteiger partial charge in [0.05, 0.1) is 0 Å². The summed E-state index contributed by atoms with van der Waals surface area (Å²) in [6.07, 6.45) is 2.36. The molecule has 0 N–H and O–H groups in total. The van der Waals surface area contributed by atoms with Crippen LogP contribution in [0.1, 0.15) is 20.8 Å². The average Bonchev–Trinajstić information content (AvgIpc) is 2.43. The SMILES string of the molecule is CCN(CC=C(C)C)C[C@@H]1COc2ccccc2O1. The number of allylic oxidation sites excluding steroid dienone is 1. The van der Waals surface area contributed by atoms with Gasteiger partial charge in [-0.25, -0.2) is 0 Å². The van der Waals surface area contributed by atoms with Crippen molar-refractivity contribution in [3.8, 4) is 11.5 Å². The summed E-state index contributed by atoms with van der Waals surface area (Å²) < 4.78 is 11.7. The Hall–Kier alpha value is -1.48. The number of rotatable bonds is 5. The highest BCUT2D eigenvalue weighted by atomic mass is 16.6. The van der Waals surface area contributed by atoms with E-state index in [4.69, 9.17) is 9.47 Å². The van der Waals surface area contributed by atoms with Crippen molar-refractivity contribution in [2.75, 3.05) is 26.2 Å². The van der Waals surface area contributed by atoms with Crippen molar-refractivity contribution in [3.63, 3.8) is 0 Å². The van der Waals surface area contributed by atoms with Gasteiger partial charge in [-0.1, -0.05) is 30.7 Å². The molecule has 1 aromatic rings. The molecular weight excluding hydrogens is 238 g/mol. The lowest BCUT2D eigenvalue weighted by Gasteiger charge is -2.30. The van der Waals surface area contributed by atoms with Gasteiger partial charge in [0.2, 0.25) is 0 Å². The molecule has 0 bridgehead atoms. The molecule has 0 aromatic heterocycles. The molecule has 0 radical (unpaired) electrons. The number of ether oxygens (including phenoxy) is 2. The Morgan fingerprint density at radius 3 is 2.74 bits per heavy atom. The molecule has 2 rings (SSSR count). The number of hydrogen-bond donors (Lipinski definition) is 0. The molecule has 1 heterocycles. The van der Waals surface area contributed by atoms with Gasteiger partial charge in [-0.05, 0) is 32.5 Å². The molecule has 3 nitrogen and oxygen atoms in total. The fourth-order valence-corrected chi connectivity index (χ4v) is 2.09. The Labute approximate surface area is 115 Å². The quantitative estimate of drug-likeness (QED) is 0.760. The van der Waals surface area contributed by atoms with Crippen LogP contribution >= 0.6 is 0 Å². The second kappa shape index (κ2) is 6.62. The standard InChI is InChI=1S/C16H23NO2/c1-4-17(10-9-13(2)3)11-14-12-18-15-7-5-6-8-16(15)19-14/h5-9,14H,4,10-12H2,1-3H3/t14-/m1/s1. The van der Waals surface area contributed by atoms with Gasteiger partial charge >= 0.3 is 0 Å². The van der Waals surface area contributed by atoms with Crippen LogP contribution in [0.4, 0.5) is 0 Å². The minimum absolute atomic E-state index is 0.111. The summed E-state index contributed by atoms with van der Waals surface area (Å²) in [6, 6.07) is 7.86. The van der Waals surface area contributed by atoms with Gasteiger partial charge in [-0.15, -0.1) is 0 Å². The summed E-state index contributed by atoms with van der Waals surface area (Å²) in [5, 5.41) is 0. The van der Waals surface area contributed by atoms with Crippen molar-refractivity contribution >= 4 is 0 Å². The summed E-state index contributed by atoms with van der Waals surface area (Å²) in [4.78, 5) is 2.37. The highest BCUT2D eigenvalue weighted by molar-refractivity contribution is 5.40. The number of fused-ring (bicyclic) bond motifs is 1. The maximum atomic E-state index is 5.98. The number of para-hydroxylation sites is 2. The second-order valence-corrected chi connectivity index (χ2v) is 5.13. The Morgan fingerprint density at radius 2 is 2.05 bits per heavy atom. The van der Waals surface area contributed by atoms with E-state index in [-0.39, 0.29) is 6.10 Å². The molecule has 1 aliphatic heterocycles. The monoisotopic (exact) mass is 261 g/mol. The van der Waals surface area contributed by atoms with E-state index >= 15 is 0 Å². The van der Waals surface area contributed by atoms with E-state index in [2.05, 4.69) is 31.7 Å². The van der Waals surface area contributed by atoms with Crippen LogP contribution in [-0.4, -0.2) is 37.2 Å². The van der Waals surface area contributed by atoms with E-state index in [1.807, 2.05) is 24.3 Å². The van der Waals surface area contributed by atoms with Crippen molar-refractivity contribution < 1.29 is 9.47 Å². The third-order valence-electron chi connectivity index (χ3n) is 3.23. The lowest BCUT2D eigenvalue weighted by molar-refractivity contribution is 0.0631. The molecule has 0 spiro atoms. The first-order valence-corrected chi connectivity index (χ1v) is 6.93. The highest BCUT2D eigenvalue weighted by Crippen LogP contribution is 2.30. The topological polar surface area (TPSA) is 21.7 Å². The van der Waals surface area contributed by atoms with Crippen LogP contribution in [0.15, 0.2) is 35.9 Å². The van der Waals surface area contributed by atoms with Gasteiger partial charge in [0.25, 0.3) is 0 Å². The Bertz CT molecular complexity index is 438. The molecule has 104 valence electrons. The third kappa shape index (κ3) is 4.00. The van der Waals surface area contributed by atoms with Crippen molar-refractivity contribution in [1.82, 2.24) is 4.90 Å². The first-order chi connectivity index (χ1) is 9.19. The summed E-state index contributed by atoms with van der Waals surface area (Å²) in [7, 11) is 0. The summed E-state index contributed by atoms with van der Waals surface area (Å²) in [6.45, 7) is 9.95. The molecule has 0 aliphatic carbocycles. The van der Waals surface area contributed by atoms with Crippen LogP contribution in [0, 0.1) is 0 Å². The molecule has 0 unspecified atom stereocenters. The molecule has 0 saturated carbocycles. The van der Waals surface area contributed by atoms with Gasteiger partial charge in [0.1, 0.15) is 12.7 Å². The predicted molar refractivity (Wildman–Crippen MR) is 77.9 cm³/mol. The van der Waals surface area contributed by atoms with Crippen molar-refractivity contribution in [3.05, 3.63) is 35.9 Å². The number of hydrogen-bond acceptors (Lipinski definition) is 3. The molecule has 1 aromatic carbocycles. The van der Waals surface area contributed by atoms with Crippen molar-refractivity contribution in [1.29, 1.82) is 0 Å². The van der Waals surface area contributed by atoms with Gasteiger partial charge in [-0.2, -0.15) is 0 Å². The molecule has 19 heavy (non-hydrogen) atoms. The van der Waals surface area contributed by atoms with E-state index in [9.17, 15) is 0 Å². The van der Waals surface area contributed by atoms with Crippen LogP contribution in [0.3, 0.4) is 0 Å². The summed E-state index contributed by atoms with van der Waals surface area (Å²) >= 11 is 0. The first kappa shape index (κ1) is 13.9. The average molecular weight is 261 g/mol. The Balaban J connectivity index is 1.92. The van der Waals surface area contributed by atoms with Gasteiger partial charge < -0.3 is 9.47 Å². The summed E-state index contributed by atoms with van der Waals surface area (Å²) in [5.41, 5.74) is 1.35. The lowest BCUT2D eigenvalue weighted by Crippen LogP contribution is -2.41. The molecule has 1 aliphatic rings. The lowest BCUT2D eigenvalue weighted by atomic mass is 10.2. The number of nitrogens with zero attached hydrogens (tertiary/aromatic N) is 1. The minimum atomic E-state index is 0.111. The Morgan fingerprint density at radius 1 is 1.32 bits per heavy atom. The van der Waals surface area contributed by atoms with E-state index in [0.717, 1.165) is 31.1 Å².